The van der Waals surface area contributed by atoms with Gasteiger partial charge in [-0.2, -0.15) is 0 Å². The Bertz CT molecular complexity index is 351. The molecule has 0 bridgehead atoms. The summed E-state index contributed by atoms with van der Waals surface area (Å²) >= 11 is 0. The Kier molecular flexibility index (Phi) is 6.44. The molecule has 0 heterocycles. The number of hydrogen-bond acceptors (Lipinski definition) is 2. The molecule has 1 amide bonds. The van der Waals surface area contributed by atoms with Crippen LogP contribution < -0.4 is 10.6 Å². The number of carbonyl (C=O) groups is 1. The number of amides is 1. The third-order valence-electron chi connectivity index (χ3n) is 3.05. The molecule has 2 unspecified atom stereocenters. The second-order valence-electron chi connectivity index (χ2n) is 4.72. The molecule has 18 heavy (non-hydrogen) atoms. The monoisotopic (exact) mass is 248 g/mol. The fourth-order valence-corrected chi connectivity index (χ4v) is 2.01. The minimum absolute atomic E-state index is 0.00179. The Labute approximate surface area is 110 Å². The van der Waals surface area contributed by atoms with Gasteiger partial charge in [-0.1, -0.05) is 50.6 Å². The lowest BCUT2D eigenvalue weighted by atomic mass is 10.0. The van der Waals surface area contributed by atoms with Gasteiger partial charge < -0.3 is 10.6 Å². The van der Waals surface area contributed by atoms with Gasteiger partial charge in [-0.15, -0.1) is 0 Å². The maximum Gasteiger partial charge on any atom is 0.224 e. The molecule has 0 aliphatic carbocycles. The summed E-state index contributed by atoms with van der Waals surface area (Å²) in [5.74, 6) is 0.115. The molecule has 0 fully saturated rings. The Morgan fingerprint density at radius 1 is 1.28 bits per heavy atom. The van der Waals surface area contributed by atoms with Crippen LogP contribution in [-0.4, -0.2) is 19.5 Å². The van der Waals surface area contributed by atoms with Crippen molar-refractivity contribution in [2.45, 2.75) is 32.7 Å². The largest absolute Gasteiger partial charge is 0.349 e. The van der Waals surface area contributed by atoms with E-state index in [4.69, 9.17) is 0 Å². The van der Waals surface area contributed by atoms with E-state index in [-0.39, 0.29) is 17.9 Å². The maximum absolute atomic E-state index is 12.0. The van der Waals surface area contributed by atoms with Gasteiger partial charge in [0.25, 0.3) is 0 Å². The number of benzene rings is 1. The molecule has 2 N–H and O–H groups in total. The summed E-state index contributed by atoms with van der Waals surface area (Å²) in [4.78, 5) is 12.0. The molecule has 0 spiro atoms. The van der Waals surface area contributed by atoms with Crippen molar-refractivity contribution in [1.29, 1.82) is 0 Å². The van der Waals surface area contributed by atoms with Crippen LogP contribution in [0.25, 0.3) is 0 Å². The summed E-state index contributed by atoms with van der Waals surface area (Å²) in [5, 5.41) is 6.17. The predicted molar refractivity (Wildman–Crippen MR) is 75.3 cm³/mol. The van der Waals surface area contributed by atoms with E-state index in [0.29, 0.717) is 6.54 Å². The molecule has 1 aromatic carbocycles. The van der Waals surface area contributed by atoms with Crippen LogP contribution >= 0.6 is 0 Å². The number of carbonyl (C=O) groups excluding carboxylic acids is 1. The topological polar surface area (TPSA) is 41.1 Å². The van der Waals surface area contributed by atoms with Crippen LogP contribution in [0, 0.1) is 5.92 Å². The molecule has 2 atom stereocenters. The van der Waals surface area contributed by atoms with E-state index in [0.717, 1.165) is 12.8 Å². The summed E-state index contributed by atoms with van der Waals surface area (Å²) < 4.78 is 0. The molecule has 100 valence electrons. The van der Waals surface area contributed by atoms with E-state index >= 15 is 0 Å². The average Bonchev–Trinajstić information content (AvgIpc) is 2.39. The van der Waals surface area contributed by atoms with Crippen LogP contribution in [0.3, 0.4) is 0 Å². The predicted octanol–water partition coefficient (Wildman–Crippen LogP) is 2.50. The summed E-state index contributed by atoms with van der Waals surface area (Å²) in [6, 6.07) is 10.3. The van der Waals surface area contributed by atoms with Crippen LogP contribution in [-0.2, 0) is 4.79 Å². The normalized spacial score (nSPS) is 13.9. The van der Waals surface area contributed by atoms with Gasteiger partial charge in [0.2, 0.25) is 5.91 Å². The quantitative estimate of drug-likeness (QED) is 0.778. The fraction of sp³-hybridized carbons (Fsp3) is 0.533. The molecule has 0 saturated heterocycles. The summed E-state index contributed by atoms with van der Waals surface area (Å²) in [6.07, 6.45) is 2.03. The first-order valence-electron chi connectivity index (χ1n) is 6.69. The van der Waals surface area contributed by atoms with Crippen molar-refractivity contribution in [2.24, 2.45) is 5.92 Å². The molecule has 0 aromatic heterocycles. The van der Waals surface area contributed by atoms with Crippen molar-refractivity contribution in [3.8, 4) is 0 Å². The first kappa shape index (κ1) is 14.7. The molecular weight excluding hydrogens is 224 g/mol. The highest BCUT2D eigenvalue weighted by atomic mass is 16.1. The summed E-state index contributed by atoms with van der Waals surface area (Å²) in [6.45, 7) is 4.79. The zero-order valence-corrected chi connectivity index (χ0v) is 11.6. The van der Waals surface area contributed by atoms with Crippen molar-refractivity contribution in [3.63, 3.8) is 0 Å². The standard InChI is InChI=1S/C15H24N2O/c1-4-8-14(13-9-6-5-7-10-13)17-15(18)12(2)11-16-3/h5-7,9-10,12,14,16H,4,8,11H2,1-3H3,(H,17,18). The second kappa shape index (κ2) is 7.88. The Morgan fingerprint density at radius 2 is 1.94 bits per heavy atom. The number of rotatable bonds is 7. The van der Waals surface area contributed by atoms with Crippen molar-refractivity contribution in [3.05, 3.63) is 35.9 Å². The molecule has 0 aliphatic rings. The highest BCUT2D eigenvalue weighted by molar-refractivity contribution is 5.79. The van der Waals surface area contributed by atoms with Gasteiger partial charge in [-0.3, -0.25) is 4.79 Å². The van der Waals surface area contributed by atoms with Crippen LogP contribution in [0.15, 0.2) is 30.3 Å². The lowest BCUT2D eigenvalue weighted by Gasteiger charge is -2.21. The number of nitrogens with one attached hydrogen (secondary N) is 2. The van der Waals surface area contributed by atoms with E-state index in [1.54, 1.807) is 0 Å². The van der Waals surface area contributed by atoms with Crippen molar-refractivity contribution in [2.75, 3.05) is 13.6 Å². The zero-order valence-electron chi connectivity index (χ0n) is 11.6. The Balaban J connectivity index is 2.66. The van der Waals surface area contributed by atoms with E-state index in [1.807, 2.05) is 32.2 Å². The van der Waals surface area contributed by atoms with Gasteiger partial charge in [-0.05, 0) is 19.0 Å². The molecule has 1 aromatic rings. The van der Waals surface area contributed by atoms with Crippen LogP contribution in [0.1, 0.15) is 38.3 Å². The Hall–Kier alpha value is -1.35. The third-order valence-corrected chi connectivity index (χ3v) is 3.05. The van der Waals surface area contributed by atoms with E-state index in [1.165, 1.54) is 5.56 Å². The van der Waals surface area contributed by atoms with Gasteiger partial charge in [-0.25, -0.2) is 0 Å². The molecule has 0 saturated carbocycles. The van der Waals surface area contributed by atoms with Crippen LogP contribution in [0.4, 0.5) is 0 Å². The van der Waals surface area contributed by atoms with Crippen LogP contribution in [0.5, 0.6) is 0 Å². The zero-order chi connectivity index (χ0) is 13.4. The highest BCUT2D eigenvalue weighted by Crippen LogP contribution is 2.18. The maximum atomic E-state index is 12.0. The summed E-state index contributed by atoms with van der Waals surface area (Å²) in [7, 11) is 1.87. The minimum atomic E-state index is -0.00179. The number of hydrogen-bond donors (Lipinski definition) is 2. The molecule has 1 rings (SSSR count). The molecular formula is C15H24N2O. The molecule has 3 heteroatoms. The molecule has 0 aliphatic heterocycles. The smallest absolute Gasteiger partial charge is 0.224 e. The Morgan fingerprint density at radius 3 is 2.50 bits per heavy atom. The first-order chi connectivity index (χ1) is 8.69. The van der Waals surface area contributed by atoms with Gasteiger partial charge >= 0.3 is 0 Å². The van der Waals surface area contributed by atoms with Crippen molar-refractivity contribution in [1.82, 2.24) is 10.6 Å². The van der Waals surface area contributed by atoms with E-state index < -0.39 is 0 Å². The van der Waals surface area contributed by atoms with Gasteiger partial charge in [0, 0.05) is 12.5 Å². The molecule has 0 radical (unpaired) electrons. The van der Waals surface area contributed by atoms with Crippen molar-refractivity contribution < 1.29 is 4.79 Å². The summed E-state index contributed by atoms with van der Waals surface area (Å²) in [5.41, 5.74) is 1.18. The van der Waals surface area contributed by atoms with Gasteiger partial charge in [0.05, 0.1) is 6.04 Å². The minimum Gasteiger partial charge on any atom is -0.349 e. The van der Waals surface area contributed by atoms with Gasteiger partial charge in [0.15, 0.2) is 0 Å². The average molecular weight is 248 g/mol. The van der Waals surface area contributed by atoms with E-state index in [2.05, 4.69) is 29.7 Å². The third kappa shape index (κ3) is 4.49. The van der Waals surface area contributed by atoms with Crippen LogP contribution in [0.2, 0.25) is 0 Å². The lowest BCUT2D eigenvalue weighted by Crippen LogP contribution is -2.36. The lowest BCUT2D eigenvalue weighted by molar-refractivity contribution is -0.125. The molecule has 3 nitrogen and oxygen atoms in total. The van der Waals surface area contributed by atoms with Gasteiger partial charge in [0.1, 0.15) is 0 Å². The SMILES string of the molecule is CCCC(NC(=O)C(C)CNC)c1ccccc1. The van der Waals surface area contributed by atoms with E-state index in [9.17, 15) is 4.79 Å². The first-order valence-corrected chi connectivity index (χ1v) is 6.69. The highest BCUT2D eigenvalue weighted by Gasteiger charge is 2.17. The second-order valence-corrected chi connectivity index (χ2v) is 4.72. The fourth-order valence-electron chi connectivity index (χ4n) is 2.01. The van der Waals surface area contributed by atoms with Crippen molar-refractivity contribution >= 4 is 5.91 Å².